The Morgan fingerprint density at radius 1 is 0.256 bits per heavy atom. The molecular formula is C40H82O3. The first-order chi connectivity index (χ1) is 21.2. The Kier molecular flexibility index (Phi) is 36.2. The van der Waals surface area contributed by atoms with E-state index in [0.717, 1.165) is 51.9 Å². The Morgan fingerprint density at radius 2 is 0.465 bits per heavy atom. The van der Waals surface area contributed by atoms with Gasteiger partial charge in [0, 0.05) is 6.42 Å². The molecule has 0 aromatic heterocycles. The fourth-order valence-electron chi connectivity index (χ4n) is 6.10. The molecule has 43 heavy (non-hydrogen) atoms. The Labute approximate surface area is 272 Å². The summed E-state index contributed by atoms with van der Waals surface area (Å²) in [6.45, 7) is 11.4. The Hall–Kier alpha value is -0.120. The van der Waals surface area contributed by atoms with Crippen LogP contribution in [0, 0.1) is 0 Å². The van der Waals surface area contributed by atoms with Crippen molar-refractivity contribution in [2.24, 2.45) is 0 Å². The van der Waals surface area contributed by atoms with Gasteiger partial charge in [-0.05, 0) is 25.7 Å². The molecule has 0 fully saturated rings. The maximum Gasteiger partial charge on any atom is 0.282 e. The van der Waals surface area contributed by atoms with Gasteiger partial charge >= 0.3 is 0 Å². The van der Waals surface area contributed by atoms with Crippen molar-refractivity contribution in [1.29, 1.82) is 0 Å². The Balaban J connectivity index is 4.35. The first-order valence-corrected chi connectivity index (χ1v) is 20.2. The van der Waals surface area contributed by atoms with Gasteiger partial charge in [-0.2, -0.15) is 0 Å². The van der Waals surface area contributed by atoms with Gasteiger partial charge in [0.15, 0.2) is 0 Å². The highest BCUT2D eigenvalue weighted by Gasteiger charge is 2.32. The lowest BCUT2D eigenvalue weighted by molar-refractivity contribution is -0.384. The molecule has 0 atom stereocenters. The Morgan fingerprint density at radius 3 is 0.674 bits per heavy atom. The zero-order valence-corrected chi connectivity index (χ0v) is 30.5. The number of ether oxygens (including phenoxy) is 3. The summed E-state index contributed by atoms with van der Waals surface area (Å²) < 4.78 is 19.4. The van der Waals surface area contributed by atoms with Gasteiger partial charge < -0.3 is 14.2 Å². The number of hydrogen-bond acceptors (Lipinski definition) is 3. The second-order valence-corrected chi connectivity index (χ2v) is 13.5. The van der Waals surface area contributed by atoms with Gasteiger partial charge in [-0.15, -0.1) is 0 Å². The van der Waals surface area contributed by atoms with Crippen LogP contribution in [-0.4, -0.2) is 25.8 Å². The minimum absolute atomic E-state index is 0.757. The molecule has 0 rings (SSSR count). The van der Waals surface area contributed by atoms with Crippen LogP contribution in [0.2, 0.25) is 0 Å². The fourth-order valence-corrected chi connectivity index (χ4v) is 6.10. The van der Waals surface area contributed by atoms with E-state index in [1.807, 2.05) is 0 Å². The molecule has 0 amide bonds. The standard InChI is InChI=1S/C40H82O3/c1-5-9-12-15-18-21-24-27-30-33-37-41-40(36-8-4,42-38-34-31-28-25-22-19-16-13-10-6-2)43-39-35-32-29-26-23-20-17-14-11-7-3/h5-39H2,1-4H3. The third-order valence-electron chi connectivity index (χ3n) is 9.02. The minimum Gasteiger partial charge on any atom is -0.327 e. The summed E-state index contributed by atoms with van der Waals surface area (Å²) in [6.07, 6.45) is 42.2. The summed E-state index contributed by atoms with van der Waals surface area (Å²) >= 11 is 0. The van der Waals surface area contributed by atoms with E-state index in [9.17, 15) is 0 Å². The molecule has 0 unspecified atom stereocenters. The number of rotatable bonds is 38. The van der Waals surface area contributed by atoms with Crippen LogP contribution in [0.25, 0.3) is 0 Å². The van der Waals surface area contributed by atoms with Gasteiger partial charge in [0.2, 0.25) is 0 Å². The van der Waals surface area contributed by atoms with Gasteiger partial charge in [0.25, 0.3) is 5.97 Å². The maximum atomic E-state index is 6.48. The summed E-state index contributed by atoms with van der Waals surface area (Å²) in [7, 11) is 0. The molecule has 0 spiro atoms. The molecule has 0 radical (unpaired) electrons. The van der Waals surface area contributed by atoms with Crippen molar-refractivity contribution in [3.05, 3.63) is 0 Å². The third kappa shape index (κ3) is 31.6. The average molecular weight is 611 g/mol. The van der Waals surface area contributed by atoms with Crippen molar-refractivity contribution in [2.45, 2.75) is 239 Å². The van der Waals surface area contributed by atoms with E-state index in [-0.39, 0.29) is 0 Å². The highest BCUT2D eigenvalue weighted by Crippen LogP contribution is 2.25. The molecule has 0 aromatic carbocycles. The zero-order chi connectivity index (χ0) is 31.4. The van der Waals surface area contributed by atoms with E-state index in [4.69, 9.17) is 14.2 Å². The molecule has 0 aliphatic heterocycles. The van der Waals surface area contributed by atoms with E-state index < -0.39 is 5.97 Å². The molecule has 0 aromatic rings. The van der Waals surface area contributed by atoms with Crippen LogP contribution in [0.3, 0.4) is 0 Å². The van der Waals surface area contributed by atoms with E-state index in [1.54, 1.807) is 0 Å². The van der Waals surface area contributed by atoms with E-state index >= 15 is 0 Å². The summed E-state index contributed by atoms with van der Waals surface area (Å²) in [5, 5.41) is 0. The monoisotopic (exact) mass is 611 g/mol. The van der Waals surface area contributed by atoms with Gasteiger partial charge in [-0.1, -0.05) is 201 Å². The number of hydrogen-bond donors (Lipinski definition) is 0. The van der Waals surface area contributed by atoms with Crippen LogP contribution in [0.1, 0.15) is 233 Å². The third-order valence-corrected chi connectivity index (χ3v) is 9.02. The maximum absolute atomic E-state index is 6.48. The molecule has 0 aliphatic rings. The van der Waals surface area contributed by atoms with Crippen molar-refractivity contribution in [1.82, 2.24) is 0 Å². The quantitative estimate of drug-likeness (QED) is 0.0514. The lowest BCUT2D eigenvalue weighted by Crippen LogP contribution is -2.40. The van der Waals surface area contributed by atoms with Gasteiger partial charge in [0.1, 0.15) is 0 Å². The topological polar surface area (TPSA) is 27.7 Å². The van der Waals surface area contributed by atoms with Crippen LogP contribution >= 0.6 is 0 Å². The van der Waals surface area contributed by atoms with Crippen molar-refractivity contribution in [3.63, 3.8) is 0 Å². The molecule has 3 nitrogen and oxygen atoms in total. The van der Waals surface area contributed by atoms with Crippen molar-refractivity contribution in [3.8, 4) is 0 Å². The van der Waals surface area contributed by atoms with Crippen LogP contribution in [0.5, 0.6) is 0 Å². The lowest BCUT2D eigenvalue weighted by Gasteiger charge is -2.33. The lowest BCUT2D eigenvalue weighted by atomic mass is 10.1. The largest absolute Gasteiger partial charge is 0.327 e. The van der Waals surface area contributed by atoms with Crippen LogP contribution in [0.4, 0.5) is 0 Å². The molecule has 0 saturated heterocycles. The van der Waals surface area contributed by atoms with E-state index in [1.165, 1.54) is 173 Å². The Bertz CT molecular complexity index is 430. The summed E-state index contributed by atoms with van der Waals surface area (Å²) in [6, 6.07) is 0. The number of unbranched alkanes of at least 4 members (excludes halogenated alkanes) is 27. The van der Waals surface area contributed by atoms with Gasteiger partial charge in [-0.3, -0.25) is 0 Å². The predicted molar refractivity (Wildman–Crippen MR) is 191 cm³/mol. The average Bonchev–Trinajstić information content (AvgIpc) is 3.01. The minimum atomic E-state index is -0.827. The van der Waals surface area contributed by atoms with Gasteiger partial charge in [-0.25, -0.2) is 0 Å². The molecular weight excluding hydrogens is 528 g/mol. The summed E-state index contributed by atoms with van der Waals surface area (Å²) in [5.74, 6) is -0.827. The highest BCUT2D eigenvalue weighted by molar-refractivity contribution is 4.60. The van der Waals surface area contributed by atoms with Crippen molar-refractivity contribution < 1.29 is 14.2 Å². The fraction of sp³-hybridized carbons (Fsp3) is 1.00. The normalized spacial score (nSPS) is 12.0. The first-order valence-electron chi connectivity index (χ1n) is 20.2. The van der Waals surface area contributed by atoms with Crippen molar-refractivity contribution in [2.75, 3.05) is 19.8 Å². The summed E-state index contributed by atoms with van der Waals surface area (Å²) in [4.78, 5) is 0. The van der Waals surface area contributed by atoms with Crippen molar-refractivity contribution >= 4 is 0 Å². The van der Waals surface area contributed by atoms with Crippen LogP contribution < -0.4 is 0 Å². The first kappa shape index (κ1) is 42.9. The highest BCUT2D eigenvalue weighted by atomic mass is 16.9. The van der Waals surface area contributed by atoms with Crippen LogP contribution in [-0.2, 0) is 14.2 Å². The second kappa shape index (κ2) is 36.3. The predicted octanol–water partition coefficient (Wildman–Crippen LogP) is 14.3. The van der Waals surface area contributed by atoms with E-state index in [0.29, 0.717) is 0 Å². The molecule has 0 heterocycles. The molecule has 0 saturated carbocycles. The van der Waals surface area contributed by atoms with Gasteiger partial charge in [0.05, 0.1) is 19.8 Å². The molecule has 0 N–H and O–H groups in total. The smallest absolute Gasteiger partial charge is 0.282 e. The molecule has 0 bridgehead atoms. The SMILES string of the molecule is CCCCCCCCCCCCOC(CCC)(OCCCCCCCCCCCC)OCCCCCCCCCCCC. The van der Waals surface area contributed by atoms with Crippen LogP contribution in [0.15, 0.2) is 0 Å². The molecule has 0 aliphatic carbocycles. The second-order valence-electron chi connectivity index (χ2n) is 13.5. The zero-order valence-electron chi connectivity index (χ0n) is 30.5. The summed E-state index contributed by atoms with van der Waals surface area (Å²) in [5.41, 5.74) is 0. The van der Waals surface area contributed by atoms with E-state index in [2.05, 4.69) is 27.7 Å². The molecule has 3 heteroatoms. The molecule has 260 valence electrons.